The molecule has 3 aliphatic rings. The average Bonchev–Trinajstić information content (AvgIpc) is 3.85. The summed E-state index contributed by atoms with van der Waals surface area (Å²) >= 11 is 0. The second kappa shape index (κ2) is 27.8. The summed E-state index contributed by atoms with van der Waals surface area (Å²) < 4.78 is 72.3. The smallest absolute Gasteiger partial charge is 0.478 e. The van der Waals surface area contributed by atoms with Gasteiger partial charge < -0.3 is 48.9 Å². The zero-order chi connectivity index (χ0) is 59.0. The molecule has 7 N–H and O–H groups in total. The number of aromatic nitrogens is 2. The number of aromatic amines is 1. The van der Waals surface area contributed by atoms with Crippen LogP contribution in [0.25, 0.3) is 0 Å². The maximum Gasteiger partial charge on any atom is 0.490 e. The summed E-state index contributed by atoms with van der Waals surface area (Å²) in [6.45, 7) is 17.7. The van der Waals surface area contributed by atoms with E-state index in [1.54, 1.807) is 12.1 Å². The van der Waals surface area contributed by atoms with Crippen LogP contribution in [0.2, 0.25) is 0 Å². The van der Waals surface area contributed by atoms with E-state index in [2.05, 4.69) is 67.8 Å². The van der Waals surface area contributed by atoms with Crippen molar-refractivity contribution in [3.63, 3.8) is 0 Å². The molecule has 2 aliphatic heterocycles. The van der Waals surface area contributed by atoms with E-state index in [0.29, 0.717) is 23.6 Å². The molecular formula is C50H65N4O19P3S4. The quantitative estimate of drug-likeness (QED) is 0.0137. The number of nitrogens with zero attached hydrogens (tertiary/aromatic N) is 2. The molecule has 30 heteroatoms. The van der Waals surface area contributed by atoms with Crippen molar-refractivity contribution in [1.29, 1.82) is 0 Å². The molecule has 7 atom stereocenters. The number of carboxylic acids is 1. The monoisotopic (exact) mass is 1250 g/mol. The van der Waals surface area contributed by atoms with Crippen molar-refractivity contribution in [3.05, 3.63) is 120 Å². The number of allylic oxidation sites excluding steroid dienone is 3. The highest BCUT2D eigenvalue weighted by molar-refractivity contribution is 8.77. The number of H-pyrrole nitrogens is 1. The number of hydrogen-bond acceptors (Lipinski definition) is 19. The molecule has 438 valence electrons. The Hall–Kier alpha value is -3.74. The number of aryl methyl sites for hydroxylation is 2. The molecule has 0 saturated carbocycles. The first-order chi connectivity index (χ1) is 37.4. The van der Waals surface area contributed by atoms with Gasteiger partial charge in [0.1, 0.15) is 47.9 Å². The second-order valence-electron chi connectivity index (χ2n) is 20.0. The number of carbonyl (C=O) groups excluding carboxylic acids is 1. The van der Waals surface area contributed by atoms with Crippen molar-refractivity contribution in [3.8, 4) is 17.6 Å². The number of carboxylic acid groups (broad SMARTS) is 1. The van der Waals surface area contributed by atoms with Gasteiger partial charge in [-0.15, -0.1) is 0 Å². The zero-order valence-electron chi connectivity index (χ0n) is 45.2. The highest BCUT2D eigenvalue weighted by Crippen LogP contribution is 2.66. The van der Waals surface area contributed by atoms with Crippen LogP contribution in [-0.2, 0) is 47.5 Å². The maximum absolute atomic E-state index is 13.7. The number of aliphatic imine (C=N–C) groups is 1. The van der Waals surface area contributed by atoms with Crippen LogP contribution in [0, 0.1) is 24.7 Å². The highest BCUT2D eigenvalue weighted by Gasteiger charge is 2.44. The number of carbonyl (C=O) groups is 2. The lowest BCUT2D eigenvalue weighted by molar-refractivity contribution is -0.0543. The lowest BCUT2D eigenvalue weighted by atomic mass is 9.72. The Kier molecular flexibility index (Phi) is 22.7. The molecule has 3 heterocycles. The Morgan fingerprint density at radius 2 is 1.69 bits per heavy atom. The Morgan fingerprint density at radius 1 is 0.963 bits per heavy atom. The first-order valence-electron chi connectivity index (χ1n) is 24.9. The number of phosphoric acid groups is 3. The lowest BCUT2D eigenvalue weighted by Gasteiger charge is -2.37. The molecule has 23 nitrogen and oxygen atoms in total. The van der Waals surface area contributed by atoms with Crippen LogP contribution in [-0.4, -0.2) is 112 Å². The molecule has 1 aromatic heterocycles. The Bertz CT molecular complexity index is 3230. The van der Waals surface area contributed by atoms with E-state index in [1.165, 1.54) is 49.2 Å². The van der Waals surface area contributed by atoms with E-state index < -0.39 is 82.3 Å². The first-order valence-corrected chi connectivity index (χ1v) is 34.0. The summed E-state index contributed by atoms with van der Waals surface area (Å²) in [5.74, 6) is 4.63. The zero-order valence-corrected chi connectivity index (χ0v) is 51.1. The maximum atomic E-state index is 13.7. The SMILES string of the molecule is CCCc1cc2c(cc1C)C(c1ccc(C(=O)NCC(C)(C)SSCOCC#Cc3cn([C@H]4C[C@@H](OCSSC(C)(C)C)[C@@H](COP(=O)(O)OP(=O)(O)OP(=O)(O)O)O4)c(=O)[nH]c3=O)cc1C(=O)O)C1C=C(C)/C(=N\CC)C=C1O2. The minimum atomic E-state index is -5.80. The Labute approximate surface area is 478 Å². The van der Waals surface area contributed by atoms with Gasteiger partial charge in [0.2, 0.25) is 0 Å². The summed E-state index contributed by atoms with van der Waals surface area (Å²) in [6.07, 6.45) is 3.59. The van der Waals surface area contributed by atoms with Crippen LogP contribution in [0.1, 0.15) is 129 Å². The standard InChI is InChI=1S/C50H65N4O19P3S4/c1-10-13-31-21-39-36(18-29(31)3)44(37-19-30(4)38(51-11-2)22-40(37)70-39)34-16-15-32(20-35(34)47(57)58)45(55)52-26-50(8,9)80-77-27-67-17-12-14-33-24-54(48(59)53-46(33)56)43-23-41(68-28-78-79-49(5,6)7)42(71-43)25-69-75(63,64)73-76(65,66)72-74(60,61)62/h15-16,18-22,24,37,41-44H,10-11,13,17,23,25-28H2,1-9H3,(H,52,55)(H,57,58)(H,63,64)(H,65,66)(H,53,56,59)(H2,60,61,62)/b51-38-/t37?,41-,42-,43-,44?/m1/s1. The van der Waals surface area contributed by atoms with Crippen molar-refractivity contribution in [2.75, 3.05) is 38.2 Å². The third-order valence-corrected chi connectivity index (χ3v) is 21.7. The van der Waals surface area contributed by atoms with Gasteiger partial charge in [0.25, 0.3) is 11.5 Å². The number of aromatic carboxylic acids is 1. The summed E-state index contributed by atoms with van der Waals surface area (Å²) in [6, 6.07) is 8.95. The van der Waals surface area contributed by atoms with Crippen LogP contribution in [0.3, 0.4) is 0 Å². The molecule has 0 bridgehead atoms. The van der Waals surface area contributed by atoms with E-state index in [4.69, 9.17) is 33.3 Å². The predicted molar refractivity (Wildman–Crippen MR) is 308 cm³/mol. The van der Waals surface area contributed by atoms with Gasteiger partial charge in [0, 0.05) is 64.2 Å². The van der Waals surface area contributed by atoms with Crippen molar-refractivity contribution in [1.82, 2.24) is 14.9 Å². The largest absolute Gasteiger partial charge is 0.490 e. The summed E-state index contributed by atoms with van der Waals surface area (Å²) in [5, 5.41) is 13.6. The summed E-state index contributed by atoms with van der Waals surface area (Å²) in [7, 11) is -11.4. The molecule has 1 amide bonds. The fourth-order valence-electron chi connectivity index (χ4n) is 8.58. The van der Waals surface area contributed by atoms with E-state index in [-0.39, 0.29) is 58.8 Å². The van der Waals surface area contributed by atoms with Gasteiger partial charge in [-0.2, -0.15) is 8.62 Å². The number of ether oxygens (including phenoxy) is 4. The molecule has 1 saturated heterocycles. The molecule has 1 fully saturated rings. The number of rotatable bonds is 25. The van der Waals surface area contributed by atoms with Crippen molar-refractivity contribution < 1.29 is 80.1 Å². The molecule has 0 radical (unpaired) electrons. The molecule has 3 aromatic rings. The lowest BCUT2D eigenvalue weighted by Crippen LogP contribution is -2.36. The van der Waals surface area contributed by atoms with Gasteiger partial charge >= 0.3 is 35.1 Å². The molecule has 80 heavy (non-hydrogen) atoms. The summed E-state index contributed by atoms with van der Waals surface area (Å²) in [4.78, 5) is 96.7. The molecule has 6 rings (SSSR count). The summed E-state index contributed by atoms with van der Waals surface area (Å²) in [5.41, 5.74) is 3.79. The molecule has 0 spiro atoms. The van der Waals surface area contributed by atoms with Crippen LogP contribution in [0.15, 0.2) is 74.6 Å². The first kappa shape index (κ1) is 65.4. The van der Waals surface area contributed by atoms with Gasteiger partial charge in [-0.25, -0.2) is 23.3 Å². The van der Waals surface area contributed by atoms with E-state index >= 15 is 0 Å². The number of amides is 1. The fraction of sp³-hybridized carbons (Fsp3) is 0.500. The van der Waals surface area contributed by atoms with Gasteiger partial charge in [0.15, 0.2) is 0 Å². The molecule has 4 unspecified atom stereocenters. The number of phosphoric ester groups is 1. The van der Waals surface area contributed by atoms with Gasteiger partial charge in [-0.3, -0.25) is 28.7 Å². The van der Waals surface area contributed by atoms with Gasteiger partial charge in [-0.1, -0.05) is 107 Å². The Morgan fingerprint density at radius 3 is 2.36 bits per heavy atom. The van der Waals surface area contributed by atoms with Crippen LogP contribution in [0.5, 0.6) is 5.75 Å². The van der Waals surface area contributed by atoms with Crippen molar-refractivity contribution >= 4 is 84.2 Å². The number of benzene rings is 2. The van der Waals surface area contributed by atoms with E-state index in [9.17, 15) is 47.8 Å². The fourth-order valence-corrected chi connectivity index (χ4v) is 15.7. The molecule has 2 aromatic carbocycles. The van der Waals surface area contributed by atoms with Crippen molar-refractivity contribution in [2.24, 2.45) is 10.9 Å². The van der Waals surface area contributed by atoms with Crippen LogP contribution < -0.4 is 21.3 Å². The number of nitrogens with one attached hydrogen (secondary N) is 2. The Balaban J connectivity index is 1.05. The van der Waals surface area contributed by atoms with Crippen LogP contribution >= 0.6 is 66.6 Å². The number of hydrogen-bond donors (Lipinski definition) is 7. The van der Waals surface area contributed by atoms with Gasteiger partial charge in [0.05, 0.1) is 24.0 Å². The highest BCUT2D eigenvalue weighted by atomic mass is 33.1. The van der Waals surface area contributed by atoms with Gasteiger partial charge in [-0.05, 0) is 81.5 Å². The molecular weight excluding hydrogens is 1180 g/mol. The van der Waals surface area contributed by atoms with E-state index in [1.807, 2.05) is 54.5 Å². The second-order valence-corrected chi connectivity index (χ2v) is 30.5. The minimum absolute atomic E-state index is 0.00886. The van der Waals surface area contributed by atoms with Crippen LogP contribution in [0.4, 0.5) is 0 Å². The predicted octanol–water partition coefficient (Wildman–Crippen LogP) is 9.01. The molecule has 1 aliphatic carbocycles. The average molecular weight is 1250 g/mol. The number of fused-ring (bicyclic) bond motifs is 2. The van der Waals surface area contributed by atoms with E-state index in [0.717, 1.165) is 51.6 Å². The minimum Gasteiger partial charge on any atom is -0.478 e. The van der Waals surface area contributed by atoms with Crippen molar-refractivity contribution in [2.45, 2.75) is 115 Å². The topological polar surface area (TPSA) is 330 Å². The third kappa shape index (κ3) is 18.6. The third-order valence-electron chi connectivity index (χ3n) is 12.0. The normalized spacial score (nSPS) is 21.2.